The van der Waals surface area contributed by atoms with Crippen molar-refractivity contribution in [2.75, 3.05) is 4.72 Å². The van der Waals surface area contributed by atoms with E-state index in [-0.39, 0.29) is 10.7 Å². The van der Waals surface area contributed by atoms with Crippen LogP contribution < -0.4 is 4.72 Å². The fraction of sp³-hybridized carbons (Fsp3) is 0.286. The van der Waals surface area contributed by atoms with Crippen molar-refractivity contribution < 1.29 is 13.2 Å². The van der Waals surface area contributed by atoms with Crippen molar-refractivity contribution in [3.05, 3.63) is 58.8 Å². The van der Waals surface area contributed by atoms with Crippen molar-refractivity contribution in [3.63, 3.8) is 0 Å². The van der Waals surface area contributed by atoms with Gasteiger partial charge in [-0.25, -0.2) is 8.42 Å². The van der Waals surface area contributed by atoms with Crippen LogP contribution in [0, 0.1) is 6.92 Å². The molecule has 0 saturated heterocycles. The van der Waals surface area contributed by atoms with Gasteiger partial charge < -0.3 is 4.98 Å². The van der Waals surface area contributed by atoms with Gasteiger partial charge in [0.25, 0.3) is 10.0 Å². The Morgan fingerprint density at radius 3 is 2.74 bits per heavy atom. The Morgan fingerprint density at radius 2 is 1.96 bits per heavy atom. The molecule has 0 aliphatic heterocycles. The van der Waals surface area contributed by atoms with Crippen LogP contribution in [0.3, 0.4) is 0 Å². The number of nitrogens with one attached hydrogen (secondary N) is 2. The number of fused-ring (bicyclic) bond motifs is 3. The second-order valence-corrected chi connectivity index (χ2v) is 8.73. The molecule has 0 spiro atoms. The zero-order valence-corrected chi connectivity index (χ0v) is 16.2. The summed E-state index contributed by atoms with van der Waals surface area (Å²) in [5.74, 6) is 0.131. The highest BCUT2D eigenvalue weighted by Gasteiger charge is 2.25. The van der Waals surface area contributed by atoms with E-state index in [0.29, 0.717) is 23.2 Å². The second-order valence-electron chi connectivity index (χ2n) is 7.08. The van der Waals surface area contributed by atoms with Gasteiger partial charge in [-0.05, 0) is 61.6 Å². The van der Waals surface area contributed by atoms with Gasteiger partial charge in [0.15, 0.2) is 5.78 Å². The molecule has 4 rings (SSSR count). The molecule has 0 amide bonds. The van der Waals surface area contributed by atoms with Gasteiger partial charge in [0, 0.05) is 34.3 Å². The number of aromatic nitrogens is 1. The quantitative estimate of drug-likeness (QED) is 0.704. The summed E-state index contributed by atoms with van der Waals surface area (Å²) < 4.78 is 28.6. The highest BCUT2D eigenvalue weighted by Crippen LogP contribution is 2.32. The molecular formula is C21H22N2O3S. The molecule has 0 unspecified atom stereocenters. The number of sulfonamides is 1. The van der Waals surface area contributed by atoms with Crippen LogP contribution >= 0.6 is 0 Å². The fourth-order valence-corrected chi connectivity index (χ4v) is 5.10. The number of Topliss-reactive ketones (excluding diaryl/α,β-unsaturated/α-hetero) is 1. The number of H-pyrrole nitrogens is 1. The van der Waals surface area contributed by atoms with E-state index in [0.717, 1.165) is 41.5 Å². The molecule has 6 heteroatoms. The molecular weight excluding hydrogens is 360 g/mol. The van der Waals surface area contributed by atoms with E-state index < -0.39 is 10.0 Å². The van der Waals surface area contributed by atoms with Crippen LogP contribution in [0.4, 0.5) is 5.69 Å². The van der Waals surface area contributed by atoms with E-state index in [4.69, 9.17) is 0 Å². The molecule has 0 atom stereocenters. The van der Waals surface area contributed by atoms with E-state index in [1.54, 1.807) is 19.1 Å². The number of carbonyl (C=O) groups is 1. The summed E-state index contributed by atoms with van der Waals surface area (Å²) in [5.41, 5.74) is 4.59. The van der Waals surface area contributed by atoms with Gasteiger partial charge >= 0.3 is 0 Å². The van der Waals surface area contributed by atoms with E-state index in [2.05, 4.69) is 9.71 Å². The Labute approximate surface area is 158 Å². The zero-order valence-electron chi connectivity index (χ0n) is 15.4. The molecule has 0 bridgehead atoms. The lowest BCUT2D eigenvalue weighted by Gasteiger charge is -2.12. The monoisotopic (exact) mass is 382 g/mol. The highest BCUT2D eigenvalue weighted by molar-refractivity contribution is 7.92. The predicted octanol–water partition coefficient (Wildman–Crippen LogP) is 4.36. The number of rotatable bonds is 4. The van der Waals surface area contributed by atoms with Crippen LogP contribution in [-0.4, -0.2) is 19.2 Å². The number of anilines is 1. The van der Waals surface area contributed by atoms with Crippen molar-refractivity contribution in [2.24, 2.45) is 0 Å². The highest BCUT2D eigenvalue weighted by atomic mass is 32.2. The average Bonchev–Trinajstić information content (AvgIpc) is 2.99. The molecule has 2 aromatic carbocycles. The van der Waals surface area contributed by atoms with E-state index >= 15 is 0 Å². The first-order valence-electron chi connectivity index (χ1n) is 9.19. The molecule has 0 radical (unpaired) electrons. The largest absolute Gasteiger partial charge is 0.358 e. The third kappa shape index (κ3) is 3.14. The summed E-state index contributed by atoms with van der Waals surface area (Å²) in [4.78, 5) is 15.8. The van der Waals surface area contributed by atoms with E-state index in [1.807, 2.05) is 31.2 Å². The molecule has 140 valence electrons. The Morgan fingerprint density at radius 1 is 1.15 bits per heavy atom. The van der Waals surface area contributed by atoms with Crippen LogP contribution in [0.15, 0.2) is 41.3 Å². The Kier molecular flexibility index (Phi) is 4.30. The lowest BCUT2D eigenvalue weighted by Crippen LogP contribution is -2.14. The first-order valence-corrected chi connectivity index (χ1v) is 10.7. The van der Waals surface area contributed by atoms with E-state index in [9.17, 15) is 13.2 Å². The molecule has 3 aromatic rings. The van der Waals surface area contributed by atoms with Gasteiger partial charge in [-0.2, -0.15) is 0 Å². The van der Waals surface area contributed by atoms with Gasteiger partial charge in [0.2, 0.25) is 0 Å². The first-order chi connectivity index (χ1) is 12.9. The number of hydrogen-bond acceptors (Lipinski definition) is 3. The summed E-state index contributed by atoms with van der Waals surface area (Å²) in [5, 5.41) is 0.819. The standard InChI is InChI=1S/C21H22N2O3S/c1-3-14-6-4-7-15(11-14)23-27(25,26)20-12-18-16(10-13(20)2)21-17(22-18)8-5-9-19(21)24/h4,6-7,10-12,22-23H,3,5,8-9H2,1-2H3. The maximum atomic E-state index is 13.0. The van der Waals surface area contributed by atoms with Crippen molar-refractivity contribution in [2.45, 2.75) is 44.4 Å². The van der Waals surface area contributed by atoms with E-state index in [1.165, 1.54) is 0 Å². The minimum absolute atomic E-state index is 0.131. The second kappa shape index (κ2) is 6.53. The predicted molar refractivity (Wildman–Crippen MR) is 107 cm³/mol. The van der Waals surface area contributed by atoms with Crippen LogP contribution in [0.2, 0.25) is 0 Å². The molecule has 2 N–H and O–H groups in total. The van der Waals surface area contributed by atoms with Crippen LogP contribution in [0.1, 0.15) is 46.9 Å². The number of benzene rings is 2. The van der Waals surface area contributed by atoms with Crippen LogP contribution in [-0.2, 0) is 22.9 Å². The molecule has 1 aromatic heterocycles. The van der Waals surface area contributed by atoms with Gasteiger partial charge in [-0.15, -0.1) is 0 Å². The fourth-order valence-electron chi connectivity index (χ4n) is 3.80. The van der Waals surface area contributed by atoms with Crippen LogP contribution in [0.25, 0.3) is 10.9 Å². The van der Waals surface area contributed by atoms with Crippen molar-refractivity contribution >= 4 is 32.4 Å². The Hall–Kier alpha value is -2.60. The number of aromatic amines is 1. The SMILES string of the molecule is CCc1cccc(NS(=O)(=O)c2cc3[nH]c4c(c3cc2C)C(=O)CCC4)c1. The topological polar surface area (TPSA) is 79.0 Å². The Balaban J connectivity index is 1.78. The first kappa shape index (κ1) is 17.8. The van der Waals surface area contributed by atoms with Gasteiger partial charge in [-0.3, -0.25) is 9.52 Å². The normalized spacial score (nSPS) is 14.4. The lowest BCUT2D eigenvalue weighted by molar-refractivity contribution is 0.0974. The minimum atomic E-state index is -3.73. The molecule has 1 aliphatic rings. The molecule has 1 aliphatic carbocycles. The van der Waals surface area contributed by atoms with Crippen molar-refractivity contribution in [1.82, 2.24) is 4.98 Å². The maximum Gasteiger partial charge on any atom is 0.262 e. The van der Waals surface area contributed by atoms with Crippen LogP contribution in [0.5, 0.6) is 0 Å². The smallest absolute Gasteiger partial charge is 0.262 e. The molecule has 0 fully saturated rings. The van der Waals surface area contributed by atoms with Crippen molar-refractivity contribution in [1.29, 1.82) is 0 Å². The number of hydrogen-bond donors (Lipinski definition) is 2. The maximum absolute atomic E-state index is 13.0. The number of carbonyl (C=O) groups excluding carboxylic acids is 1. The van der Waals surface area contributed by atoms with Gasteiger partial charge in [0.1, 0.15) is 0 Å². The summed E-state index contributed by atoms with van der Waals surface area (Å²) >= 11 is 0. The lowest BCUT2D eigenvalue weighted by atomic mass is 9.94. The summed E-state index contributed by atoms with van der Waals surface area (Å²) in [6.07, 6.45) is 3.04. The van der Waals surface area contributed by atoms with Gasteiger partial charge in [-0.1, -0.05) is 19.1 Å². The molecule has 1 heterocycles. The minimum Gasteiger partial charge on any atom is -0.358 e. The Bertz CT molecular complexity index is 1160. The molecule has 0 saturated carbocycles. The zero-order chi connectivity index (χ0) is 19.2. The number of aryl methyl sites for hydroxylation is 3. The van der Waals surface area contributed by atoms with Crippen molar-refractivity contribution in [3.8, 4) is 0 Å². The van der Waals surface area contributed by atoms with Gasteiger partial charge in [0.05, 0.1) is 4.90 Å². The molecule has 27 heavy (non-hydrogen) atoms. The average molecular weight is 382 g/mol. The number of ketones is 1. The third-order valence-electron chi connectivity index (χ3n) is 5.16. The molecule has 5 nitrogen and oxygen atoms in total. The summed E-state index contributed by atoms with van der Waals surface area (Å²) in [7, 11) is -3.73. The summed E-state index contributed by atoms with van der Waals surface area (Å²) in [6.45, 7) is 3.79. The third-order valence-corrected chi connectivity index (χ3v) is 6.68. The summed E-state index contributed by atoms with van der Waals surface area (Å²) in [6, 6.07) is 10.9.